The molecule has 1 unspecified atom stereocenters. The molecule has 1 atom stereocenters. The van der Waals surface area contributed by atoms with E-state index in [1.54, 1.807) is 0 Å². The van der Waals surface area contributed by atoms with Crippen LogP contribution in [0.25, 0.3) is 10.9 Å². The third-order valence-corrected chi connectivity index (χ3v) is 5.53. The Morgan fingerprint density at radius 3 is 2.91 bits per heavy atom. The first-order valence-corrected chi connectivity index (χ1v) is 8.69. The van der Waals surface area contributed by atoms with Gasteiger partial charge in [0.2, 0.25) is 0 Å². The molecule has 1 saturated carbocycles. The van der Waals surface area contributed by atoms with Crippen molar-refractivity contribution in [1.82, 2.24) is 10.3 Å². The van der Waals surface area contributed by atoms with Gasteiger partial charge in [0.25, 0.3) is 5.91 Å². The van der Waals surface area contributed by atoms with Gasteiger partial charge in [0.15, 0.2) is 0 Å². The SMILES string of the molecule is Cc1ccc2[nH]c3c(c2c1)CC(NC(=O)C1(O)CCCC1)CC3. The lowest BCUT2D eigenvalue weighted by Crippen LogP contribution is -2.50. The maximum absolute atomic E-state index is 12.4. The average molecular weight is 312 g/mol. The number of benzene rings is 1. The van der Waals surface area contributed by atoms with E-state index in [-0.39, 0.29) is 11.9 Å². The van der Waals surface area contributed by atoms with Gasteiger partial charge in [-0.3, -0.25) is 4.79 Å². The summed E-state index contributed by atoms with van der Waals surface area (Å²) in [7, 11) is 0. The third-order valence-electron chi connectivity index (χ3n) is 5.53. The molecule has 23 heavy (non-hydrogen) atoms. The Hall–Kier alpha value is -1.81. The van der Waals surface area contributed by atoms with Crippen LogP contribution in [0.2, 0.25) is 0 Å². The maximum atomic E-state index is 12.4. The predicted octanol–water partition coefficient (Wildman–Crippen LogP) is 2.75. The number of nitrogens with one attached hydrogen (secondary N) is 2. The van der Waals surface area contributed by atoms with Crippen LogP contribution in [0.15, 0.2) is 18.2 Å². The molecule has 1 amide bonds. The largest absolute Gasteiger partial charge is 0.380 e. The van der Waals surface area contributed by atoms with Crippen LogP contribution in [0.4, 0.5) is 0 Å². The molecule has 0 aliphatic heterocycles. The molecule has 1 aromatic heterocycles. The highest BCUT2D eigenvalue weighted by atomic mass is 16.3. The number of hydrogen-bond donors (Lipinski definition) is 3. The zero-order chi connectivity index (χ0) is 16.0. The number of aromatic nitrogens is 1. The van der Waals surface area contributed by atoms with Gasteiger partial charge < -0.3 is 15.4 Å². The van der Waals surface area contributed by atoms with Crippen LogP contribution in [0.3, 0.4) is 0 Å². The summed E-state index contributed by atoms with van der Waals surface area (Å²) in [6.45, 7) is 2.11. The van der Waals surface area contributed by atoms with Crippen molar-refractivity contribution in [3.05, 3.63) is 35.0 Å². The zero-order valence-corrected chi connectivity index (χ0v) is 13.6. The Balaban J connectivity index is 1.55. The van der Waals surface area contributed by atoms with Crippen LogP contribution < -0.4 is 5.32 Å². The highest BCUT2D eigenvalue weighted by Crippen LogP contribution is 2.32. The number of H-pyrrole nitrogens is 1. The fourth-order valence-electron chi connectivity index (χ4n) is 4.16. The van der Waals surface area contributed by atoms with Crippen molar-refractivity contribution in [3.63, 3.8) is 0 Å². The minimum absolute atomic E-state index is 0.124. The van der Waals surface area contributed by atoms with Crippen molar-refractivity contribution in [2.45, 2.75) is 63.5 Å². The average Bonchev–Trinajstić information content (AvgIpc) is 3.12. The van der Waals surface area contributed by atoms with Crippen molar-refractivity contribution in [2.75, 3.05) is 0 Å². The monoisotopic (exact) mass is 312 g/mol. The lowest BCUT2D eigenvalue weighted by Gasteiger charge is -2.28. The molecular formula is C19H24N2O2. The molecule has 0 spiro atoms. The number of amides is 1. The molecule has 0 bridgehead atoms. The Bertz CT molecular complexity index is 756. The quantitative estimate of drug-likeness (QED) is 0.798. The standard InChI is InChI=1S/C19H24N2O2/c1-12-4-6-16-14(10-12)15-11-13(5-7-17(15)21-16)20-18(22)19(23)8-2-3-9-19/h4,6,10,13,21,23H,2-3,5,7-9,11H2,1H3,(H,20,22). The Labute approximate surface area is 136 Å². The number of hydrogen-bond acceptors (Lipinski definition) is 2. The topological polar surface area (TPSA) is 65.1 Å². The summed E-state index contributed by atoms with van der Waals surface area (Å²) in [6, 6.07) is 6.61. The van der Waals surface area contributed by atoms with Crippen molar-refractivity contribution in [1.29, 1.82) is 0 Å². The first-order valence-electron chi connectivity index (χ1n) is 8.69. The normalized spacial score (nSPS) is 23.0. The molecule has 4 nitrogen and oxygen atoms in total. The molecule has 0 radical (unpaired) electrons. The molecule has 1 aromatic carbocycles. The van der Waals surface area contributed by atoms with E-state index < -0.39 is 5.60 Å². The maximum Gasteiger partial charge on any atom is 0.252 e. The number of rotatable bonds is 2. The minimum atomic E-state index is -1.13. The van der Waals surface area contributed by atoms with Crippen LogP contribution >= 0.6 is 0 Å². The fourth-order valence-corrected chi connectivity index (χ4v) is 4.16. The molecule has 4 rings (SSSR count). The van der Waals surface area contributed by atoms with Gasteiger partial charge in [-0.1, -0.05) is 11.6 Å². The number of carbonyl (C=O) groups is 1. The van der Waals surface area contributed by atoms with Crippen molar-refractivity contribution >= 4 is 16.8 Å². The van der Waals surface area contributed by atoms with Crippen LogP contribution in [0.5, 0.6) is 0 Å². The number of carbonyl (C=O) groups excluding carboxylic acids is 1. The van der Waals surface area contributed by atoms with Gasteiger partial charge >= 0.3 is 0 Å². The number of fused-ring (bicyclic) bond motifs is 3. The highest BCUT2D eigenvalue weighted by Gasteiger charge is 2.40. The van der Waals surface area contributed by atoms with E-state index in [0.717, 1.165) is 32.1 Å². The summed E-state index contributed by atoms with van der Waals surface area (Å²) in [5.74, 6) is -0.167. The molecule has 0 saturated heterocycles. The van der Waals surface area contributed by atoms with Crippen LogP contribution in [0.1, 0.15) is 48.9 Å². The molecule has 2 aromatic rings. The van der Waals surface area contributed by atoms with E-state index in [9.17, 15) is 9.90 Å². The second-order valence-electron chi connectivity index (χ2n) is 7.28. The van der Waals surface area contributed by atoms with Gasteiger partial charge in [0.1, 0.15) is 5.60 Å². The van der Waals surface area contributed by atoms with Gasteiger partial charge in [-0.2, -0.15) is 0 Å². The molecular weight excluding hydrogens is 288 g/mol. The van der Waals surface area contributed by atoms with E-state index in [1.165, 1.54) is 27.7 Å². The number of aromatic amines is 1. The van der Waals surface area contributed by atoms with E-state index in [2.05, 4.69) is 35.4 Å². The van der Waals surface area contributed by atoms with E-state index in [1.807, 2.05) is 0 Å². The number of aliphatic hydroxyl groups is 1. The van der Waals surface area contributed by atoms with Crippen molar-refractivity contribution < 1.29 is 9.90 Å². The molecule has 3 N–H and O–H groups in total. The summed E-state index contributed by atoms with van der Waals surface area (Å²) >= 11 is 0. The molecule has 2 aliphatic carbocycles. The molecule has 4 heteroatoms. The Kier molecular flexibility index (Phi) is 3.45. The van der Waals surface area contributed by atoms with Gasteiger partial charge in [0, 0.05) is 22.6 Å². The second kappa shape index (κ2) is 5.38. The smallest absolute Gasteiger partial charge is 0.252 e. The van der Waals surface area contributed by atoms with Gasteiger partial charge in [-0.25, -0.2) is 0 Å². The summed E-state index contributed by atoms with van der Waals surface area (Å²) in [5.41, 5.74) is 3.94. The zero-order valence-electron chi connectivity index (χ0n) is 13.6. The van der Waals surface area contributed by atoms with Gasteiger partial charge in [-0.15, -0.1) is 0 Å². The lowest BCUT2D eigenvalue weighted by atomic mass is 9.90. The van der Waals surface area contributed by atoms with Crippen molar-refractivity contribution in [3.8, 4) is 0 Å². The van der Waals surface area contributed by atoms with E-state index >= 15 is 0 Å². The van der Waals surface area contributed by atoms with Crippen LogP contribution in [-0.2, 0) is 17.6 Å². The van der Waals surface area contributed by atoms with E-state index in [0.29, 0.717) is 12.8 Å². The van der Waals surface area contributed by atoms with Crippen LogP contribution in [0, 0.1) is 6.92 Å². The molecule has 2 aliphatic rings. The highest BCUT2D eigenvalue weighted by molar-refractivity contribution is 5.87. The van der Waals surface area contributed by atoms with Gasteiger partial charge in [-0.05, 0) is 69.6 Å². The minimum Gasteiger partial charge on any atom is -0.380 e. The third kappa shape index (κ3) is 2.55. The molecule has 1 fully saturated rings. The summed E-state index contributed by atoms with van der Waals surface area (Å²) < 4.78 is 0. The molecule has 1 heterocycles. The number of aryl methyl sites for hydroxylation is 2. The summed E-state index contributed by atoms with van der Waals surface area (Å²) in [6.07, 6.45) is 5.82. The fraction of sp³-hybridized carbons (Fsp3) is 0.526. The summed E-state index contributed by atoms with van der Waals surface area (Å²) in [5, 5.41) is 14.8. The van der Waals surface area contributed by atoms with E-state index in [4.69, 9.17) is 0 Å². The summed E-state index contributed by atoms with van der Waals surface area (Å²) in [4.78, 5) is 16.0. The predicted molar refractivity (Wildman–Crippen MR) is 90.4 cm³/mol. The first kappa shape index (κ1) is 14.8. The van der Waals surface area contributed by atoms with Crippen LogP contribution in [-0.4, -0.2) is 27.6 Å². The van der Waals surface area contributed by atoms with Crippen molar-refractivity contribution in [2.24, 2.45) is 0 Å². The Morgan fingerprint density at radius 2 is 2.13 bits per heavy atom. The molecule has 122 valence electrons. The first-order chi connectivity index (χ1) is 11.0. The van der Waals surface area contributed by atoms with Gasteiger partial charge in [0.05, 0.1) is 0 Å². The lowest BCUT2D eigenvalue weighted by molar-refractivity contribution is -0.140. The Morgan fingerprint density at radius 1 is 1.35 bits per heavy atom. The second-order valence-corrected chi connectivity index (χ2v) is 7.28.